The molecule has 0 fully saturated rings. The maximum atomic E-state index is 8.59. The largest absolute Gasteiger partial charge is 0.394 e. The third-order valence-corrected chi connectivity index (χ3v) is 3.13. The Morgan fingerprint density at radius 1 is 1.39 bits per heavy atom. The van der Waals surface area contributed by atoms with E-state index in [-0.39, 0.29) is 6.61 Å². The summed E-state index contributed by atoms with van der Waals surface area (Å²) in [6.07, 6.45) is 0. The highest BCUT2D eigenvalue weighted by Gasteiger charge is 2.07. The molecule has 6 nitrogen and oxygen atoms in total. The molecule has 2 aromatic rings. The number of nitrogens with one attached hydrogen (secondary N) is 2. The summed E-state index contributed by atoms with van der Waals surface area (Å²) in [5.74, 6) is 1.40. The predicted molar refractivity (Wildman–Crippen MR) is 73.4 cm³/mol. The maximum Gasteiger partial charge on any atom is 0.225 e. The Kier molecular flexibility index (Phi) is 4.68. The number of aliphatic hydroxyl groups excluding tert-OH is 1. The summed E-state index contributed by atoms with van der Waals surface area (Å²) in [7, 11) is 1.79. The van der Waals surface area contributed by atoms with Crippen LogP contribution in [0.5, 0.6) is 0 Å². The predicted octanol–water partition coefficient (Wildman–Crippen LogP) is 1.15. The average molecular weight is 268 g/mol. The van der Waals surface area contributed by atoms with Gasteiger partial charge in [0.15, 0.2) is 0 Å². The first-order valence-electron chi connectivity index (χ1n) is 5.70. The molecular formula is C11H16N4O2S. The van der Waals surface area contributed by atoms with Crippen molar-refractivity contribution in [2.45, 2.75) is 0 Å². The van der Waals surface area contributed by atoms with Crippen LogP contribution in [0.4, 0.5) is 11.8 Å². The number of thiophene rings is 1. The molecule has 2 aromatic heterocycles. The van der Waals surface area contributed by atoms with Crippen LogP contribution >= 0.6 is 11.3 Å². The Morgan fingerprint density at radius 3 is 3.06 bits per heavy atom. The second kappa shape index (κ2) is 6.48. The standard InChI is InChI=1S/C11H16N4O2S/c1-12-11-14-9(13-3-5-17-6-4-16)8-2-7-18-10(8)15-11/h2,7,16H,3-6H2,1H3,(H2,12,13,14,15). The lowest BCUT2D eigenvalue weighted by Crippen LogP contribution is -2.13. The Morgan fingerprint density at radius 2 is 2.28 bits per heavy atom. The molecule has 0 bridgehead atoms. The van der Waals surface area contributed by atoms with Gasteiger partial charge in [-0.3, -0.25) is 0 Å². The van der Waals surface area contributed by atoms with E-state index in [4.69, 9.17) is 9.84 Å². The molecule has 98 valence electrons. The quantitative estimate of drug-likeness (QED) is 0.654. The van der Waals surface area contributed by atoms with Crippen molar-refractivity contribution >= 4 is 33.3 Å². The first-order chi connectivity index (χ1) is 8.85. The van der Waals surface area contributed by atoms with Gasteiger partial charge in [0.2, 0.25) is 5.95 Å². The molecule has 0 spiro atoms. The summed E-state index contributed by atoms with van der Waals surface area (Å²) < 4.78 is 5.19. The zero-order valence-corrected chi connectivity index (χ0v) is 11.0. The number of rotatable bonds is 7. The fraction of sp³-hybridized carbons (Fsp3) is 0.455. The topological polar surface area (TPSA) is 79.3 Å². The number of anilines is 2. The molecule has 0 aromatic carbocycles. The summed E-state index contributed by atoms with van der Waals surface area (Å²) in [6.45, 7) is 1.59. The Hall–Kier alpha value is -1.44. The van der Waals surface area contributed by atoms with E-state index in [1.165, 1.54) is 0 Å². The van der Waals surface area contributed by atoms with Gasteiger partial charge in [0.25, 0.3) is 0 Å². The molecule has 0 aliphatic heterocycles. The average Bonchev–Trinajstić information content (AvgIpc) is 2.86. The number of aliphatic hydroxyl groups is 1. The zero-order valence-electron chi connectivity index (χ0n) is 10.1. The van der Waals surface area contributed by atoms with Gasteiger partial charge in [0, 0.05) is 13.6 Å². The van der Waals surface area contributed by atoms with Crippen LogP contribution in [-0.2, 0) is 4.74 Å². The van der Waals surface area contributed by atoms with Gasteiger partial charge in [0.05, 0.1) is 25.2 Å². The molecule has 0 saturated heterocycles. The van der Waals surface area contributed by atoms with Gasteiger partial charge in [-0.2, -0.15) is 4.98 Å². The van der Waals surface area contributed by atoms with Gasteiger partial charge in [-0.15, -0.1) is 11.3 Å². The SMILES string of the molecule is CNc1nc(NCCOCCO)c2ccsc2n1. The van der Waals surface area contributed by atoms with E-state index in [2.05, 4.69) is 20.6 Å². The lowest BCUT2D eigenvalue weighted by atomic mass is 10.4. The van der Waals surface area contributed by atoms with E-state index in [1.807, 2.05) is 11.4 Å². The van der Waals surface area contributed by atoms with Crippen molar-refractivity contribution in [2.75, 3.05) is 44.0 Å². The monoisotopic (exact) mass is 268 g/mol. The lowest BCUT2D eigenvalue weighted by molar-refractivity contribution is 0.0992. The van der Waals surface area contributed by atoms with Crippen LogP contribution < -0.4 is 10.6 Å². The van der Waals surface area contributed by atoms with E-state index in [0.717, 1.165) is 16.0 Å². The number of hydrogen-bond acceptors (Lipinski definition) is 7. The highest BCUT2D eigenvalue weighted by atomic mass is 32.1. The summed E-state index contributed by atoms with van der Waals surface area (Å²) in [5.41, 5.74) is 0. The second-order valence-corrected chi connectivity index (χ2v) is 4.44. The summed E-state index contributed by atoms with van der Waals surface area (Å²) in [5, 5.41) is 17.8. The van der Waals surface area contributed by atoms with Crippen molar-refractivity contribution in [3.8, 4) is 0 Å². The number of nitrogens with zero attached hydrogens (tertiary/aromatic N) is 2. The molecule has 7 heteroatoms. The fourth-order valence-electron chi connectivity index (χ4n) is 1.51. The summed E-state index contributed by atoms with van der Waals surface area (Å²) >= 11 is 1.58. The van der Waals surface area contributed by atoms with Gasteiger partial charge < -0.3 is 20.5 Å². The first kappa shape index (κ1) is 13.0. The van der Waals surface area contributed by atoms with Gasteiger partial charge >= 0.3 is 0 Å². The Balaban J connectivity index is 2.04. The molecule has 0 aliphatic carbocycles. The normalized spacial score (nSPS) is 10.8. The van der Waals surface area contributed by atoms with Crippen molar-refractivity contribution in [3.63, 3.8) is 0 Å². The maximum absolute atomic E-state index is 8.59. The zero-order chi connectivity index (χ0) is 12.8. The Labute approximate surface area is 109 Å². The molecule has 0 amide bonds. The fourth-order valence-corrected chi connectivity index (χ4v) is 2.27. The van der Waals surface area contributed by atoms with Gasteiger partial charge in [-0.05, 0) is 11.4 Å². The van der Waals surface area contributed by atoms with Gasteiger partial charge in [-0.1, -0.05) is 0 Å². The summed E-state index contributed by atoms with van der Waals surface area (Å²) in [4.78, 5) is 9.69. The van der Waals surface area contributed by atoms with E-state index in [0.29, 0.717) is 25.7 Å². The minimum atomic E-state index is 0.0478. The van der Waals surface area contributed by atoms with Crippen molar-refractivity contribution < 1.29 is 9.84 Å². The van der Waals surface area contributed by atoms with Crippen molar-refractivity contribution in [1.82, 2.24) is 9.97 Å². The van der Waals surface area contributed by atoms with Crippen molar-refractivity contribution in [1.29, 1.82) is 0 Å². The number of ether oxygens (including phenoxy) is 1. The third-order valence-electron chi connectivity index (χ3n) is 2.32. The number of aromatic nitrogens is 2. The number of hydrogen-bond donors (Lipinski definition) is 3. The van der Waals surface area contributed by atoms with E-state index >= 15 is 0 Å². The van der Waals surface area contributed by atoms with Crippen molar-refractivity contribution in [3.05, 3.63) is 11.4 Å². The van der Waals surface area contributed by atoms with Crippen LogP contribution in [0.3, 0.4) is 0 Å². The van der Waals surface area contributed by atoms with Gasteiger partial charge in [0.1, 0.15) is 10.6 Å². The van der Waals surface area contributed by atoms with Crippen LogP contribution in [0.2, 0.25) is 0 Å². The Bertz CT molecular complexity index is 503. The van der Waals surface area contributed by atoms with Crippen LogP contribution in [0, 0.1) is 0 Å². The smallest absolute Gasteiger partial charge is 0.225 e. The van der Waals surface area contributed by atoms with Crippen LogP contribution in [-0.4, -0.2) is 48.5 Å². The van der Waals surface area contributed by atoms with E-state index in [1.54, 1.807) is 18.4 Å². The minimum Gasteiger partial charge on any atom is -0.394 e. The van der Waals surface area contributed by atoms with Crippen LogP contribution in [0.15, 0.2) is 11.4 Å². The van der Waals surface area contributed by atoms with E-state index in [9.17, 15) is 0 Å². The number of fused-ring (bicyclic) bond motifs is 1. The second-order valence-electron chi connectivity index (χ2n) is 3.55. The minimum absolute atomic E-state index is 0.0478. The van der Waals surface area contributed by atoms with Crippen LogP contribution in [0.25, 0.3) is 10.2 Å². The molecular weight excluding hydrogens is 252 g/mol. The van der Waals surface area contributed by atoms with E-state index < -0.39 is 0 Å². The first-order valence-corrected chi connectivity index (χ1v) is 6.58. The molecule has 18 heavy (non-hydrogen) atoms. The third kappa shape index (κ3) is 3.06. The summed E-state index contributed by atoms with van der Waals surface area (Å²) in [6, 6.07) is 2.00. The molecule has 3 N–H and O–H groups in total. The molecule has 0 radical (unpaired) electrons. The molecule has 0 saturated carbocycles. The molecule has 0 unspecified atom stereocenters. The lowest BCUT2D eigenvalue weighted by Gasteiger charge is -2.08. The van der Waals surface area contributed by atoms with Crippen LogP contribution in [0.1, 0.15) is 0 Å². The van der Waals surface area contributed by atoms with Gasteiger partial charge in [-0.25, -0.2) is 4.98 Å². The molecule has 0 aliphatic rings. The highest BCUT2D eigenvalue weighted by molar-refractivity contribution is 7.16. The molecule has 2 heterocycles. The highest BCUT2D eigenvalue weighted by Crippen LogP contribution is 2.26. The van der Waals surface area contributed by atoms with Crippen molar-refractivity contribution in [2.24, 2.45) is 0 Å². The molecule has 0 atom stereocenters. The molecule has 2 rings (SSSR count).